The van der Waals surface area contributed by atoms with Gasteiger partial charge in [0.15, 0.2) is 5.69 Å². The monoisotopic (exact) mass is 310 g/mol. The number of nitrogens with zero attached hydrogens (tertiary/aromatic N) is 1. The van der Waals surface area contributed by atoms with Crippen LogP contribution < -0.4 is 5.73 Å². The van der Waals surface area contributed by atoms with Gasteiger partial charge in [0, 0.05) is 16.5 Å². The molecule has 0 amide bonds. The molecule has 1 heterocycles. The van der Waals surface area contributed by atoms with Crippen molar-refractivity contribution in [3.8, 4) is 0 Å². The summed E-state index contributed by atoms with van der Waals surface area (Å²) in [5, 5.41) is 0.198. The fraction of sp³-hybridized carbons (Fsp3) is 0.625. The molecule has 0 aliphatic heterocycles. The molecule has 2 rings (SSSR count). The Balaban J connectivity index is 2.24. The Morgan fingerprint density at radius 2 is 1.86 bits per heavy atom. The van der Waals surface area contributed by atoms with E-state index >= 15 is 0 Å². The summed E-state index contributed by atoms with van der Waals surface area (Å²) in [7, 11) is 0. The molecule has 1 fully saturated rings. The van der Waals surface area contributed by atoms with E-state index in [4.69, 9.17) is 22.1 Å². The molecular formula is C16H23ClN2O2. The minimum atomic E-state index is -0.461. The summed E-state index contributed by atoms with van der Waals surface area (Å²) in [5.74, 6) is -0.461. The lowest BCUT2D eigenvalue weighted by molar-refractivity contribution is -0.0899. The number of nitrogens with two attached hydrogens (primary N) is 1. The first kappa shape index (κ1) is 16.1. The zero-order valence-corrected chi connectivity index (χ0v) is 13.8. The van der Waals surface area contributed by atoms with Crippen molar-refractivity contribution in [2.45, 2.75) is 53.1 Å². The Labute approximate surface area is 131 Å². The largest absolute Gasteiger partial charge is 0.457 e. The first-order valence-corrected chi connectivity index (χ1v) is 7.64. The highest BCUT2D eigenvalue weighted by Crippen LogP contribution is 2.47. The summed E-state index contributed by atoms with van der Waals surface area (Å²) < 4.78 is 5.80. The second kappa shape index (κ2) is 5.48. The quantitative estimate of drug-likeness (QED) is 0.660. The van der Waals surface area contributed by atoms with Crippen LogP contribution in [0.5, 0.6) is 0 Å². The van der Waals surface area contributed by atoms with Gasteiger partial charge >= 0.3 is 5.97 Å². The van der Waals surface area contributed by atoms with Gasteiger partial charge in [0.05, 0.1) is 0 Å². The molecule has 0 saturated heterocycles. The smallest absolute Gasteiger partial charge is 0.357 e. The van der Waals surface area contributed by atoms with Crippen LogP contribution in [0.15, 0.2) is 12.1 Å². The standard InChI is InChI=1S/C16H23ClN2O2/c1-15(2)6-5-7-16(3,4)14(15)21-13(20)11-8-10(18)9-12(17)19-11/h8-9,14H,5-7H2,1-4H3,(H2,18,19). The van der Waals surface area contributed by atoms with E-state index in [-0.39, 0.29) is 27.8 Å². The van der Waals surface area contributed by atoms with Crippen LogP contribution in [0.3, 0.4) is 0 Å². The number of pyridine rings is 1. The topological polar surface area (TPSA) is 65.2 Å². The van der Waals surface area contributed by atoms with E-state index in [1.54, 1.807) is 0 Å². The van der Waals surface area contributed by atoms with Gasteiger partial charge in [0.2, 0.25) is 0 Å². The zero-order valence-electron chi connectivity index (χ0n) is 13.1. The number of hydrogen-bond acceptors (Lipinski definition) is 4. The molecular weight excluding hydrogens is 288 g/mol. The second-order valence-corrected chi connectivity index (χ2v) is 7.61. The van der Waals surface area contributed by atoms with Crippen LogP contribution in [0.4, 0.5) is 5.69 Å². The number of carbonyl (C=O) groups excluding carboxylic acids is 1. The predicted octanol–water partition coefficient (Wildman–Crippen LogP) is 4.08. The third-order valence-corrected chi connectivity index (χ3v) is 4.51. The lowest BCUT2D eigenvalue weighted by Gasteiger charge is -2.48. The molecule has 0 bridgehead atoms. The van der Waals surface area contributed by atoms with Gasteiger partial charge in [-0.25, -0.2) is 9.78 Å². The van der Waals surface area contributed by atoms with Crippen molar-refractivity contribution in [1.82, 2.24) is 4.98 Å². The lowest BCUT2D eigenvalue weighted by atomic mass is 9.63. The van der Waals surface area contributed by atoms with Crippen molar-refractivity contribution < 1.29 is 9.53 Å². The third kappa shape index (κ3) is 3.49. The van der Waals surface area contributed by atoms with Gasteiger partial charge in [0.1, 0.15) is 11.3 Å². The molecule has 1 saturated carbocycles. The van der Waals surface area contributed by atoms with Crippen molar-refractivity contribution in [3.63, 3.8) is 0 Å². The minimum Gasteiger partial charge on any atom is -0.457 e. The summed E-state index contributed by atoms with van der Waals surface area (Å²) >= 11 is 5.85. The molecule has 1 aromatic heterocycles. The molecule has 2 N–H and O–H groups in total. The molecule has 0 unspecified atom stereocenters. The zero-order chi connectivity index (χ0) is 15.8. The molecule has 0 spiro atoms. The number of anilines is 1. The van der Waals surface area contributed by atoms with Crippen LogP contribution in [0.25, 0.3) is 0 Å². The number of esters is 1. The second-order valence-electron chi connectivity index (χ2n) is 7.22. The Morgan fingerprint density at radius 1 is 1.29 bits per heavy atom. The first-order chi connectivity index (χ1) is 9.62. The van der Waals surface area contributed by atoms with Crippen LogP contribution in [0, 0.1) is 10.8 Å². The van der Waals surface area contributed by atoms with Crippen LogP contribution >= 0.6 is 11.6 Å². The number of hydrogen-bond donors (Lipinski definition) is 1. The average Bonchev–Trinajstić information content (AvgIpc) is 2.32. The number of rotatable bonds is 2. The van der Waals surface area contributed by atoms with E-state index in [9.17, 15) is 4.79 Å². The molecule has 1 aliphatic carbocycles. The van der Waals surface area contributed by atoms with Gasteiger partial charge in [-0.3, -0.25) is 0 Å². The highest BCUT2D eigenvalue weighted by atomic mass is 35.5. The average molecular weight is 311 g/mol. The van der Waals surface area contributed by atoms with Crippen molar-refractivity contribution in [3.05, 3.63) is 23.0 Å². The summed E-state index contributed by atoms with van der Waals surface area (Å²) in [6.07, 6.45) is 3.07. The molecule has 4 nitrogen and oxygen atoms in total. The predicted molar refractivity (Wildman–Crippen MR) is 84.3 cm³/mol. The molecule has 0 aromatic carbocycles. The molecule has 1 aliphatic rings. The van der Waals surface area contributed by atoms with E-state index < -0.39 is 5.97 Å². The van der Waals surface area contributed by atoms with Crippen LogP contribution in [0.2, 0.25) is 5.15 Å². The highest BCUT2D eigenvalue weighted by Gasteiger charge is 2.46. The molecule has 1 aromatic rings. The summed E-state index contributed by atoms with van der Waals surface area (Å²) in [6.45, 7) is 8.58. The molecule has 5 heteroatoms. The molecule has 0 radical (unpaired) electrons. The van der Waals surface area contributed by atoms with Gasteiger partial charge in [0.25, 0.3) is 0 Å². The van der Waals surface area contributed by atoms with Gasteiger partial charge in [-0.2, -0.15) is 0 Å². The van der Waals surface area contributed by atoms with E-state index in [0.29, 0.717) is 5.69 Å². The van der Waals surface area contributed by atoms with E-state index in [1.807, 2.05) is 0 Å². The maximum absolute atomic E-state index is 12.4. The SMILES string of the molecule is CC1(C)CCCC(C)(C)C1OC(=O)c1cc(N)cc(Cl)n1. The van der Waals surface area contributed by atoms with Crippen molar-refractivity contribution >= 4 is 23.3 Å². The fourth-order valence-electron chi connectivity index (χ4n) is 3.43. The number of aromatic nitrogens is 1. The lowest BCUT2D eigenvalue weighted by Crippen LogP contribution is -2.48. The summed E-state index contributed by atoms with van der Waals surface area (Å²) in [5.41, 5.74) is 6.17. The highest BCUT2D eigenvalue weighted by molar-refractivity contribution is 6.29. The Morgan fingerprint density at radius 3 is 2.38 bits per heavy atom. The normalized spacial score (nSPS) is 21.0. The van der Waals surface area contributed by atoms with Crippen LogP contribution in [0.1, 0.15) is 57.4 Å². The summed E-state index contributed by atoms with van der Waals surface area (Å²) in [6, 6.07) is 3.00. The van der Waals surface area contributed by atoms with Gasteiger partial charge in [-0.15, -0.1) is 0 Å². The van der Waals surface area contributed by atoms with E-state index in [1.165, 1.54) is 12.1 Å². The Hall–Kier alpha value is -1.29. The van der Waals surface area contributed by atoms with Gasteiger partial charge in [-0.1, -0.05) is 45.7 Å². The number of nitrogen functional groups attached to an aromatic ring is 1. The minimum absolute atomic E-state index is 0.0540. The van der Waals surface area contributed by atoms with Crippen LogP contribution in [-0.4, -0.2) is 17.1 Å². The molecule has 0 atom stereocenters. The Bertz CT molecular complexity index is 519. The van der Waals surface area contributed by atoms with Crippen molar-refractivity contribution in [1.29, 1.82) is 0 Å². The van der Waals surface area contributed by atoms with Crippen molar-refractivity contribution in [2.24, 2.45) is 10.8 Å². The number of ether oxygens (including phenoxy) is 1. The number of carbonyl (C=O) groups is 1. The fourth-order valence-corrected chi connectivity index (χ4v) is 3.64. The Kier molecular flexibility index (Phi) is 4.20. The molecule has 116 valence electrons. The van der Waals surface area contributed by atoms with Gasteiger partial charge in [-0.05, 0) is 25.0 Å². The van der Waals surface area contributed by atoms with Gasteiger partial charge < -0.3 is 10.5 Å². The molecule has 21 heavy (non-hydrogen) atoms. The third-order valence-electron chi connectivity index (χ3n) is 4.31. The maximum Gasteiger partial charge on any atom is 0.357 e. The summed E-state index contributed by atoms with van der Waals surface area (Å²) in [4.78, 5) is 16.4. The van der Waals surface area contributed by atoms with E-state index in [2.05, 4.69) is 32.7 Å². The maximum atomic E-state index is 12.4. The first-order valence-electron chi connectivity index (χ1n) is 7.26. The number of halogens is 1. The van der Waals surface area contributed by atoms with Crippen molar-refractivity contribution in [2.75, 3.05) is 5.73 Å². The van der Waals surface area contributed by atoms with E-state index in [0.717, 1.165) is 19.3 Å². The van der Waals surface area contributed by atoms with Crippen LogP contribution in [-0.2, 0) is 4.74 Å².